The van der Waals surface area contributed by atoms with Gasteiger partial charge in [0, 0.05) is 25.0 Å². The average molecular weight is 367 g/mol. The van der Waals surface area contributed by atoms with Gasteiger partial charge in [-0.25, -0.2) is 4.39 Å². The maximum Gasteiger partial charge on any atom is 0.256 e. The summed E-state index contributed by atoms with van der Waals surface area (Å²) >= 11 is 0. The van der Waals surface area contributed by atoms with Gasteiger partial charge in [-0.2, -0.15) is 0 Å². The van der Waals surface area contributed by atoms with Crippen LogP contribution in [0.4, 0.5) is 10.1 Å². The fraction of sp³-hybridized carbons (Fsp3) is 0.200. The zero-order valence-corrected chi connectivity index (χ0v) is 14.8. The van der Waals surface area contributed by atoms with Gasteiger partial charge in [0.1, 0.15) is 11.6 Å². The zero-order valence-electron chi connectivity index (χ0n) is 14.8. The lowest BCUT2D eigenvalue weighted by molar-refractivity contribution is -0.110. The van der Waals surface area contributed by atoms with E-state index < -0.39 is 11.7 Å². The van der Waals surface area contributed by atoms with Crippen molar-refractivity contribution in [3.05, 3.63) is 47.0 Å². The van der Waals surface area contributed by atoms with Gasteiger partial charge in [-0.3, -0.25) is 9.79 Å². The molecule has 0 fully saturated rings. The second-order valence-electron chi connectivity index (χ2n) is 5.78. The second-order valence-corrected chi connectivity index (χ2v) is 5.78. The van der Waals surface area contributed by atoms with Crippen LogP contribution in [-0.2, 0) is 4.79 Å². The average Bonchev–Trinajstić information content (AvgIpc) is 3.24. The highest BCUT2D eigenvalue weighted by Gasteiger charge is 2.29. The molecule has 0 radical (unpaired) electrons. The first-order valence-electron chi connectivity index (χ1n) is 8.21. The third-order valence-corrected chi connectivity index (χ3v) is 4.07. The highest BCUT2D eigenvalue weighted by molar-refractivity contribution is 6.35. The molecule has 1 aromatic carbocycles. The third kappa shape index (κ3) is 3.61. The summed E-state index contributed by atoms with van der Waals surface area (Å²) in [5.41, 5.74) is 1.82. The Labute approximate surface area is 155 Å². The van der Waals surface area contributed by atoms with Crippen molar-refractivity contribution in [3.8, 4) is 17.6 Å². The quantitative estimate of drug-likeness (QED) is 0.440. The van der Waals surface area contributed by atoms with E-state index in [-0.39, 0.29) is 23.7 Å². The molecule has 6 nitrogen and oxygen atoms in total. The van der Waals surface area contributed by atoms with Crippen LogP contribution in [0.2, 0.25) is 0 Å². The molecule has 7 heteroatoms. The number of H-pyrrole nitrogens is 1. The Morgan fingerprint density at radius 2 is 2.22 bits per heavy atom. The van der Waals surface area contributed by atoms with Crippen molar-refractivity contribution in [3.63, 3.8) is 0 Å². The number of carbonyl (C=O) groups is 1. The van der Waals surface area contributed by atoms with E-state index in [9.17, 15) is 14.3 Å². The highest BCUT2D eigenvalue weighted by Crippen LogP contribution is 2.37. The number of nitrogens with zero attached hydrogens (tertiary/aromatic N) is 1. The number of nitrogens with one attached hydrogen (secondary N) is 2. The van der Waals surface area contributed by atoms with Crippen LogP contribution in [0, 0.1) is 23.6 Å². The number of amides is 1. The summed E-state index contributed by atoms with van der Waals surface area (Å²) in [6, 6.07) is 4.48. The fourth-order valence-electron chi connectivity index (χ4n) is 2.80. The molecule has 1 atom stereocenters. The molecular formula is C20H18FN3O3. The molecule has 2 aromatic rings. The zero-order chi connectivity index (χ0) is 19.4. The van der Waals surface area contributed by atoms with Gasteiger partial charge in [0.15, 0.2) is 0 Å². The summed E-state index contributed by atoms with van der Waals surface area (Å²) in [5, 5.41) is 12.1. The van der Waals surface area contributed by atoms with Crippen LogP contribution in [0.5, 0.6) is 5.75 Å². The summed E-state index contributed by atoms with van der Waals surface area (Å²) < 4.78 is 19.8. The molecular weight excluding hydrogens is 349 g/mol. The van der Waals surface area contributed by atoms with E-state index in [1.807, 2.05) is 0 Å². The molecule has 1 unspecified atom stereocenters. The normalized spacial score (nSPS) is 15.4. The summed E-state index contributed by atoms with van der Waals surface area (Å²) in [6.07, 6.45) is 4.76. The van der Waals surface area contributed by atoms with E-state index in [4.69, 9.17) is 4.74 Å². The lowest BCUT2D eigenvalue weighted by Gasteiger charge is -2.05. The standard InChI is InChI=1S/C20H18FN3O3/c1-22-10-12(11-25)3-4-13-15(21)5-6-16-19(13)14(20(26)24-16)9-17-18(27-2)7-8-23-17/h5-10,12,23,25H,11H2,1-2H3,(H,24,26)/b14-9-,22-10?. The van der Waals surface area contributed by atoms with E-state index in [2.05, 4.69) is 27.1 Å². The van der Waals surface area contributed by atoms with Gasteiger partial charge in [-0.05, 0) is 24.3 Å². The smallest absolute Gasteiger partial charge is 0.256 e. The molecule has 1 amide bonds. The Morgan fingerprint density at radius 3 is 2.93 bits per heavy atom. The van der Waals surface area contributed by atoms with Crippen LogP contribution in [0.3, 0.4) is 0 Å². The van der Waals surface area contributed by atoms with Crippen LogP contribution in [0.25, 0.3) is 11.6 Å². The minimum absolute atomic E-state index is 0.0885. The van der Waals surface area contributed by atoms with Gasteiger partial charge in [0.25, 0.3) is 5.91 Å². The maximum atomic E-state index is 14.5. The first kappa shape index (κ1) is 18.4. The van der Waals surface area contributed by atoms with Crippen molar-refractivity contribution >= 4 is 29.5 Å². The number of hydrogen-bond donors (Lipinski definition) is 3. The number of aromatic amines is 1. The monoisotopic (exact) mass is 367 g/mol. The van der Waals surface area contributed by atoms with Crippen molar-refractivity contribution in [2.75, 3.05) is 26.1 Å². The minimum Gasteiger partial charge on any atom is -0.495 e. The van der Waals surface area contributed by atoms with Gasteiger partial charge in [0.2, 0.25) is 0 Å². The SMILES string of the molecule is CN=CC(C#Cc1c(F)ccc2c1/C(=C/c1[nH]ccc1OC)C(=O)N2)CO. The summed E-state index contributed by atoms with van der Waals surface area (Å²) in [6.45, 7) is -0.236. The van der Waals surface area contributed by atoms with Crippen molar-refractivity contribution in [2.24, 2.45) is 10.9 Å². The van der Waals surface area contributed by atoms with Crippen LogP contribution in [0.15, 0.2) is 29.4 Å². The number of halogens is 1. The molecule has 0 saturated carbocycles. The molecule has 2 heterocycles. The number of methoxy groups -OCH3 is 1. The number of aliphatic imine (C=N–C) groups is 1. The Bertz CT molecular complexity index is 996. The second kappa shape index (κ2) is 7.89. The Hall–Kier alpha value is -3.37. The number of hydrogen-bond acceptors (Lipinski definition) is 4. The van der Waals surface area contributed by atoms with Crippen LogP contribution >= 0.6 is 0 Å². The van der Waals surface area contributed by atoms with E-state index >= 15 is 0 Å². The van der Waals surface area contributed by atoms with Crippen molar-refractivity contribution in [1.82, 2.24) is 4.98 Å². The molecule has 3 N–H and O–H groups in total. The van der Waals surface area contributed by atoms with Gasteiger partial charge < -0.3 is 20.1 Å². The number of aromatic nitrogens is 1. The van der Waals surface area contributed by atoms with E-state index in [0.717, 1.165) is 0 Å². The lowest BCUT2D eigenvalue weighted by Crippen LogP contribution is -2.05. The molecule has 0 spiro atoms. The predicted octanol–water partition coefficient (Wildman–Crippen LogP) is 2.32. The number of aliphatic hydroxyl groups excluding tert-OH is 1. The van der Waals surface area contributed by atoms with Crippen LogP contribution in [0.1, 0.15) is 16.8 Å². The lowest BCUT2D eigenvalue weighted by atomic mass is 9.98. The Kier molecular flexibility index (Phi) is 5.38. The molecule has 0 aliphatic carbocycles. The first-order valence-corrected chi connectivity index (χ1v) is 8.21. The number of benzene rings is 1. The Balaban J connectivity index is 2.14. The first-order chi connectivity index (χ1) is 13.1. The van der Waals surface area contributed by atoms with Gasteiger partial charge in [0.05, 0.1) is 42.2 Å². The van der Waals surface area contributed by atoms with Crippen molar-refractivity contribution in [1.29, 1.82) is 0 Å². The Morgan fingerprint density at radius 1 is 1.41 bits per heavy atom. The predicted molar refractivity (Wildman–Crippen MR) is 102 cm³/mol. The molecule has 3 rings (SSSR count). The fourth-order valence-corrected chi connectivity index (χ4v) is 2.80. The summed E-state index contributed by atoms with van der Waals surface area (Å²) in [5.74, 6) is 4.68. The molecule has 1 aliphatic rings. The highest BCUT2D eigenvalue weighted by atomic mass is 19.1. The van der Waals surface area contributed by atoms with Gasteiger partial charge in [-0.1, -0.05) is 11.8 Å². The largest absolute Gasteiger partial charge is 0.495 e. The third-order valence-electron chi connectivity index (χ3n) is 4.07. The molecule has 138 valence electrons. The number of rotatable bonds is 4. The molecule has 27 heavy (non-hydrogen) atoms. The summed E-state index contributed by atoms with van der Waals surface area (Å²) in [7, 11) is 3.09. The number of anilines is 1. The van der Waals surface area contributed by atoms with Crippen LogP contribution in [-0.4, -0.2) is 43.0 Å². The van der Waals surface area contributed by atoms with E-state index in [1.54, 1.807) is 25.4 Å². The maximum absolute atomic E-state index is 14.5. The molecule has 1 aliphatic heterocycles. The van der Waals surface area contributed by atoms with E-state index in [1.165, 1.54) is 25.5 Å². The van der Waals surface area contributed by atoms with Crippen molar-refractivity contribution in [2.45, 2.75) is 0 Å². The van der Waals surface area contributed by atoms with Crippen molar-refractivity contribution < 1.29 is 19.0 Å². The minimum atomic E-state index is -0.549. The number of carbonyl (C=O) groups excluding carboxylic acids is 1. The number of aliphatic hydroxyl groups is 1. The van der Waals surface area contributed by atoms with Crippen LogP contribution < -0.4 is 10.1 Å². The van der Waals surface area contributed by atoms with Gasteiger partial charge >= 0.3 is 0 Å². The molecule has 0 saturated heterocycles. The van der Waals surface area contributed by atoms with E-state index in [0.29, 0.717) is 22.7 Å². The summed E-state index contributed by atoms with van der Waals surface area (Å²) in [4.78, 5) is 19.3. The molecule has 1 aromatic heterocycles. The number of ether oxygens (including phenoxy) is 1. The molecule has 0 bridgehead atoms. The topological polar surface area (TPSA) is 86.7 Å². The van der Waals surface area contributed by atoms with Gasteiger partial charge in [-0.15, -0.1) is 0 Å². The number of fused-ring (bicyclic) bond motifs is 1.